The maximum absolute atomic E-state index is 11.6. The fraction of sp³-hybridized carbons (Fsp3) is 0.850. The van der Waals surface area contributed by atoms with Gasteiger partial charge in [-0.15, -0.1) is 0 Å². The smallest absolute Gasteiger partial charge is 0.407 e. The normalized spacial score (nSPS) is 11.0. The maximum Gasteiger partial charge on any atom is 0.407 e. The van der Waals surface area contributed by atoms with Crippen molar-refractivity contribution in [1.29, 1.82) is 0 Å². The van der Waals surface area contributed by atoms with E-state index in [0.29, 0.717) is 19.5 Å². The van der Waals surface area contributed by atoms with Crippen LogP contribution >= 0.6 is 0 Å². The summed E-state index contributed by atoms with van der Waals surface area (Å²) >= 11 is 0. The summed E-state index contributed by atoms with van der Waals surface area (Å²) in [4.78, 5) is 34.0. The molecule has 0 aliphatic heterocycles. The molecule has 0 unspecified atom stereocenters. The second kappa shape index (κ2) is 15.3. The van der Waals surface area contributed by atoms with Crippen LogP contribution in [0.15, 0.2) is 0 Å². The van der Waals surface area contributed by atoms with Crippen molar-refractivity contribution in [2.75, 3.05) is 20.2 Å². The number of esters is 1. The van der Waals surface area contributed by atoms with Crippen LogP contribution in [-0.4, -0.2) is 43.8 Å². The van der Waals surface area contributed by atoms with Crippen LogP contribution in [0.5, 0.6) is 0 Å². The first-order chi connectivity index (χ1) is 12.7. The van der Waals surface area contributed by atoms with Gasteiger partial charge in [-0.2, -0.15) is 0 Å². The predicted molar refractivity (Wildman–Crippen MR) is 105 cm³/mol. The van der Waals surface area contributed by atoms with E-state index in [1.165, 1.54) is 20.0 Å². The van der Waals surface area contributed by atoms with Crippen molar-refractivity contribution in [2.45, 2.75) is 90.6 Å². The molecule has 0 aliphatic carbocycles. The molecule has 2 amide bonds. The lowest BCUT2D eigenvalue weighted by molar-refractivity contribution is -0.140. The minimum Gasteiger partial charge on any atom is -0.469 e. The molecule has 2 N–H and O–H groups in total. The molecule has 0 fully saturated rings. The summed E-state index contributed by atoms with van der Waals surface area (Å²) in [6, 6.07) is 0. The van der Waals surface area contributed by atoms with Crippen molar-refractivity contribution in [1.82, 2.24) is 10.6 Å². The first-order valence-electron chi connectivity index (χ1n) is 10.0. The molecule has 0 atom stereocenters. The third kappa shape index (κ3) is 18.8. The average molecular weight is 387 g/mol. The van der Waals surface area contributed by atoms with Gasteiger partial charge in [-0.25, -0.2) is 4.79 Å². The van der Waals surface area contributed by atoms with Gasteiger partial charge in [0.25, 0.3) is 0 Å². The van der Waals surface area contributed by atoms with Crippen LogP contribution in [0.3, 0.4) is 0 Å². The van der Waals surface area contributed by atoms with Gasteiger partial charge in [-0.3, -0.25) is 9.59 Å². The van der Waals surface area contributed by atoms with E-state index in [1.54, 1.807) is 0 Å². The molecule has 0 bridgehead atoms. The standard InChI is InChI=1S/C20H38N2O5/c1-20(2,3)27-19(25)22-15-12-10-8-6-5-7-9-11-13-17(23)21-16-14-18(24)26-4/h5-16H2,1-4H3,(H,21,23)(H,22,25). The molecule has 7 heteroatoms. The van der Waals surface area contributed by atoms with Gasteiger partial charge >= 0.3 is 12.1 Å². The second-order valence-electron chi connectivity index (χ2n) is 7.68. The van der Waals surface area contributed by atoms with Gasteiger partial charge in [0, 0.05) is 19.5 Å². The maximum atomic E-state index is 11.6. The molecule has 0 aromatic carbocycles. The molecule has 0 aliphatic rings. The molecule has 0 rings (SSSR count). The number of rotatable bonds is 14. The van der Waals surface area contributed by atoms with Crippen molar-refractivity contribution >= 4 is 18.0 Å². The number of alkyl carbamates (subject to hydrolysis) is 1. The Hall–Kier alpha value is -1.79. The van der Waals surface area contributed by atoms with Gasteiger partial charge in [0.2, 0.25) is 5.91 Å². The fourth-order valence-corrected chi connectivity index (χ4v) is 2.47. The minimum atomic E-state index is -0.451. The second-order valence-corrected chi connectivity index (χ2v) is 7.68. The van der Waals surface area contributed by atoms with Crippen molar-refractivity contribution in [3.8, 4) is 0 Å². The molecule has 0 radical (unpaired) electrons. The molecule has 0 saturated carbocycles. The van der Waals surface area contributed by atoms with Crippen LogP contribution in [0.1, 0.15) is 85.0 Å². The predicted octanol–water partition coefficient (Wildman–Crippen LogP) is 3.70. The molecular formula is C20H38N2O5. The Balaban J connectivity index is 3.32. The monoisotopic (exact) mass is 386 g/mol. The van der Waals surface area contributed by atoms with E-state index in [2.05, 4.69) is 15.4 Å². The highest BCUT2D eigenvalue weighted by Gasteiger charge is 2.15. The lowest BCUT2D eigenvalue weighted by atomic mass is 10.1. The molecule has 0 aromatic rings. The van der Waals surface area contributed by atoms with Crippen LogP contribution in [0.2, 0.25) is 0 Å². The van der Waals surface area contributed by atoms with Crippen molar-refractivity contribution in [3.63, 3.8) is 0 Å². The summed E-state index contributed by atoms with van der Waals surface area (Å²) in [5.74, 6) is -0.313. The third-order valence-electron chi connectivity index (χ3n) is 3.88. The average Bonchev–Trinajstić information content (AvgIpc) is 2.57. The summed E-state index contributed by atoms with van der Waals surface area (Å²) < 4.78 is 9.69. The Morgan fingerprint density at radius 1 is 0.741 bits per heavy atom. The van der Waals surface area contributed by atoms with Gasteiger partial charge in [-0.05, 0) is 33.6 Å². The van der Waals surface area contributed by atoms with Gasteiger partial charge in [0.1, 0.15) is 5.60 Å². The van der Waals surface area contributed by atoms with Crippen molar-refractivity contribution in [2.24, 2.45) is 0 Å². The zero-order valence-electron chi connectivity index (χ0n) is 17.5. The summed E-state index contributed by atoms with van der Waals surface area (Å²) in [6.07, 6.45) is 9.00. The Bertz CT molecular complexity index is 433. The molecular weight excluding hydrogens is 348 g/mol. The fourth-order valence-electron chi connectivity index (χ4n) is 2.47. The van der Waals surface area contributed by atoms with Crippen LogP contribution in [0, 0.1) is 0 Å². The van der Waals surface area contributed by atoms with E-state index >= 15 is 0 Å². The highest BCUT2D eigenvalue weighted by atomic mass is 16.6. The van der Waals surface area contributed by atoms with Crippen molar-refractivity contribution < 1.29 is 23.9 Å². The Morgan fingerprint density at radius 3 is 1.85 bits per heavy atom. The number of hydrogen-bond donors (Lipinski definition) is 2. The number of methoxy groups -OCH3 is 1. The van der Waals surface area contributed by atoms with Gasteiger partial charge in [-0.1, -0.05) is 38.5 Å². The topological polar surface area (TPSA) is 93.7 Å². The zero-order chi connectivity index (χ0) is 20.5. The van der Waals surface area contributed by atoms with E-state index in [0.717, 1.165) is 38.5 Å². The zero-order valence-corrected chi connectivity index (χ0v) is 17.5. The van der Waals surface area contributed by atoms with Gasteiger partial charge in [0.15, 0.2) is 0 Å². The summed E-state index contributed by atoms with van der Waals surface area (Å²) in [5.41, 5.74) is -0.451. The molecule has 0 heterocycles. The van der Waals surface area contributed by atoms with Crippen LogP contribution in [-0.2, 0) is 19.1 Å². The van der Waals surface area contributed by atoms with Gasteiger partial charge < -0.3 is 20.1 Å². The van der Waals surface area contributed by atoms with Crippen LogP contribution < -0.4 is 10.6 Å². The molecule has 158 valence electrons. The number of carbonyl (C=O) groups is 3. The highest BCUT2D eigenvalue weighted by molar-refractivity contribution is 5.76. The highest BCUT2D eigenvalue weighted by Crippen LogP contribution is 2.10. The van der Waals surface area contributed by atoms with Crippen LogP contribution in [0.25, 0.3) is 0 Å². The Kier molecular flexibility index (Phi) is 14.3. The van der Waals surface area contributed by atoms with E-state index < -0.39 is 5.60 Å². The summed E-state index contributed by atoms with van der Waals surface area (Å²) in [6.45, 7) is 6.55. The molecule has 7 nitrogen and oxygen atoms in total. The number of nitrogens with one attached hydrogen (secondary N) is 2. The molecule has 27 heavy (non-hydrogen) atoms. The minimum absolute atomic E-state index is 0.00334. The first kappa shape index (κ1) is 25.2. The Morgan fingerprint density at radius 2 is 1.30 bits per heavy atom. The van der Waals surface area contributed by atoms with Crippen LogP contribution in [0.4, 0.5) is 4.79 Å². The van der Waals surface area contributed by atoms with E-state index in [4.69, 9.17) is 4.74 Å². The van der Waals surface area contributed by atoms with E-state index in [9.17, 15) is 14.4 Å². The largest absolute Gasteiger partial charge is 0.469 e. The molecule has 0 saturated heterocycles. The first-order valence-corrected chi connectivity index (χ1v) is 10.0. The Labute approximate surface area is 163 Å². The van der Waals surface area contributed by atoms with E-state index in [-0.39, 0.29) is 24.4 Å². The summed E-state index contributed by atoms with van der Waals surface area (Å²) in [5, 5.41) is 5.49. The number of ether oxygens (including phenoxy) is 2. The molecule has 0 spiro atoms. The van der Waals surface area contributed by atoms with E-state index in [1.807, 2.05) is 20.8 Å². The number of unbranched alkanes of at least 4 members (excludes halogenated alkanes) is 7. The molecule has 0 aromatic heterocycles. The van der Waals surface area contributed by atoms with Crippen molar-refractivity contribution in [3.05, 3.63) is 0 Å². The third-order valence-corrected chi connectivity index (χ3v) is 3.88. The number of carbonyl (C=O) groups excluding carboxylic acids is 3. The number of hydrogen-bond acceptors (Lipinski definition) is 5. The number of amides is 2. The lowest BCUT2D eigenvalue weighted by Crippen LogP contribution is -2.32. The SMILES string of the molecule is COC(=O)CCNC(=O)CCCCCCCCCCNC(=O)OC(C)(C)C. The van der Waals surface area contributed by atoms with Gasteiger partial charge in [0.05, 0.1) is 13.5 Å². The quantitative estimate of drug-likeness (QED) is 0.351. The summed E-state index contributed by atoms with van der Waals surface area (Å²) in [7, 11) is 1.34. The lowest BCUT2D eigenvalue weighted by Gasteiger charge is -2.19.